The Balaban J connectivity index is 2.56. The van der Waals surface area contributed by atoms with Crippen molar-refractivity contribution in [3.8, 4) is 0 Å². The minimum absolute atomic E-state index is 0.0833. The molecule has 2 N–H and O–H groups in total. The summed E-state index contributed by atoms with van der Waals surface area (Å²) in [6.45, 7) is 3.89. The second-order valence-corrected chi connectivity index (χ2v) is 2.76. The van der Waals surface area contributed by atoms with E-state index >= 15 is 0 Å². The highest BCUT2D eigenvalue weighted by molar-refractivity contribution is 5.86. The molecular formula is C8H14N2O. The summed E-state index contributed by atoms with van der Waals surface area (Å²) < 4.78 is 5.54. The summed E-state index contributed by atoms with van der Waals surface area (Å²) in [6.07, 6.45) is 5.30. The largest absolute Gasteiger partial charge is 0.365 e. The van der Waals surface area contributed by atoms with E-state index in [1.807, 2.05) is 19.9 Å². The first kappa shape index (κ1) is 8.27. The van der Waals surface area contributed by atoms with Crippen molar-refractivity contribution in [2.75, 3.05) is 0 Å². The average Bonchev–Trinajstić information content (AvgIpc) is 2.03. The topological polar surface area (TPSA) is 47.6 Å². The summed E-state index contributed by atoms with van der Waals surface area (Å²) in [6, 6.07) is 0. The van der Waals surface area contributed by atoms with Crippen molar-refractivity contribution < 1.29 is 4.74 Å². The van der Waals surface area contributed by atoms with E-state index in [0.29, 0.717) is 0 Å². The standard InChI is InChI=1S/C8H14N2O/c1-6-4-3-5-8(11-6)7(2)10-9/h3-4,6,8H,5,9H2,1-2H3. The molecular weight excluding hydrogens is 140 g/mol. The molecule has 0 aliphatic carbocycles. The molecule has 0 saturated heterocycles. The summed E-state index contributed by atoms with van der Waals surface area (Å²) in [5.41, 5.74) is 0.862. The smallest absolute Gasteiger partial charge is 0.101 e. The van der Waals surface area contributed by atoms with E-state index in [1.165, 1.54) is 0 Å². The van der Waals surface area contributed by atoms with Crippen LogP contribution in [0.2, 0.25) is 0 Å². The molecule has 1 aliphatic heterocycles. The van der Waals surface area contributed by atoms with Crippen LogP contribution in [0.1, 0.15) is 20.3 Å². The van der Waals surface area contributed by atoms with Crippen LogP contribution in [-0.2, 0) is 4.74 Å². The van der Waals surface area contributed by atoms with Crippen molar-refractivity contribution in [3.63, 3.8) is 0 Å². The van der Waals surface area contributed by atoms with Crippen LogP contribution < -0.4 is 5.84 Å². The molecule has 0 fully saturated rings. The van der Waals surface area contributed by atoms with Gasteiger partial charge in [0.25, 0.3) is 0 Å². The zero-order valence-electron chi connectivity index (χ0n) is 6.95. The van der Waals surface area contributed by atoms with Gasteiger partial charge in [-0.2, -0.15) is 5.10 Å². The molecule has 0 aromatic carbocycles. The molecule has 62 valence electrons. The van der Waals surface area contributed by atoms with Gasteiger partial charge in [-0.05, 0) is 20.3 Å². The fourth-order valence-corrected chi connectivity index (χ4v) is 1.11. The minimum Gasteiger partial charge on any atom is -0.365 e. The Kier molecular flexibility index (Phi) is 2.65. The van der Waals surface area contributed by atoms with Crippen molar-refractivity contribution in [2.45, 2.75) is 32.5 Å². The van der Waals surface area contributed by atoms with Gasteiger partial charge in [0.2, 0.25) is 0 Å². The SMILES string of the molecule is CC(=NN)C1CC=CC(C)O1. The summed E-state index contributed by atoms with van der Waals surface area (Å²) in [5.74, 6) is 5.13. The first-order valence-corrected chi connectivity index (χ1v) is 3.80. The maximum Gasteiger partial charge on any atom is 0.101 e. The molecule has 0 bridgehead atoms. The van der Waals surface area contributed by atoms with Crippen molar-refractivity contribution in [1.82, 2.24) is 0 Å². The lowest BCUT2D eigenvalue weighted by Crippen LogP contribution is -2.28. The number of ether oxygens (including phenoxy) is 1. The third-order valence-electron chi connectivity index (χ3n) is 1.81. The second-order valence-electron chi connectivity index (χ2n) is 2.76. The van der Waals surface area contributed by atoms with E-state index in [0.717, 1.165) is 12.1 Å². The molecule has 1 aliphatic rings. The first-order chi connectivity index (χ1) is 5.24. The number of nitrogens with zero attached hydrogens (tertiary/aromatic N) is 1. The Hall–Kier alpha value is -0.830. The van der Waals surface area contributed by atoms with Crippen LogP contribution in [0.25, 0.3) is 0 Å². The van der Waals surface area contributed by atoms with E-state index in [1.54, 1.807) is 0 Å². The second kappa shape index (κ2) is 3.53. The molecule has 3 heteroatoms. The van der Waals surface area contributed by atoms with E-state index in [9.17, 15) is 0 Å². The monoisotopic (exact) mass is 154 g/mol. The molecule has 1 rings (SSSR count). The fourth-order valence-electron chi connectivity index (χ4n) is 1.11. The molecule has 0 aromatic rings. The molecule has 11 heavy (non-hydrogen) atoms. The van der Waals surface area contributed by atoms with E-state index in [4.69, 9.17) is 10.6 Å². The Morgan fingerprint density at radius 3 is 3.00 bits per heavy atom. The molecule has 0 spiro atoms. The van der Waals surface area contributed by atoms with Gasteiger partial charge in [-0.1, -0.05) is 12.2 Å². The summed E-state index contributed by atoms with van der Waals surface area (Å²) in [7, 11) is 0. The van der Waals surface area contributed by atoms with Gasteiger partial charge in [0.1, 0.15) is 6.10 Å². The van der Waals surface area contributed by atoms with E-state index < -0.39 is 0 Å². The molecule has 2 atom stereocenters. The number of hydrogen-bond donors (Lipinski definition) is 1. The third kappa shape index (κ3) is 2.05. The van der Waals surface area contributed by atoms with Crippen molar-refractivity contribution in [3.05, 3.63) is 12.2 Å². The Labute approximate surface area is 66.9 Å². The lowest BCUT2D eigenvalue weighted by molar-refractivity contribution is 0.0558. The maximum atomic E-state index is 5.54. The van der Waals surface area contributed by atoms with Crippen LogP contribution in [0, 0.1) is 0 Å². The highest BCUT2D eigenvalue weighted by Gasteiger charge is 2.16. The Morgan fingerprint density at radius 1 is 1.73 bits per heavy atom. The van der Waals surface area contributed by atoms with E-state index in [-0.39, 0.29) is 12.2 Å². The molecule has 0 saturated carbocycles. The van der Waals surface area contributed by atoms with Crippen molar-refractivity contribution in [1.29, 1.82) is 0 Å². The van der Waals surface area contributed by atoms with Gasteiger partial charge in [0.15, 0.2) is 0 Å². The van der Waals surface area contributed by atoms with Gasteiger partial charge in [-0.15, -0.1) is 0 Å². The minimum atomic E-state index is 0.0833. The lowest BCUT2D eigenvalue weighted by Gasteiger charge is -2.22. The van der Waals surface area contributed by atoms with Crippen LogP contribution in [0.5, 0.6) is 0 Å². The van der Waals surface area contributed by atoms with Gasteiger partial charge in [-0.25, -0.2) is 0 Å². The number of hydrazone groups is 1. The summed E-state index contributed by atoms with van der Waals surface area (Å²) in [5, 5.41) is 3.60. The van der Waals surface area contributed by atoms with Crippen molar-refractivity contribution in [2.24, 2.45) is 10.9 Å². The number of hydrogen-bond acceptors (Lipinski definition) is 3. The van der Waals surface area contributed by atoms with Gasteiger partial charge in [0.05, 0.1) is 11.8 Å². The molecule has 3 nitrogen and oxygen atoms in total. The highest BCUT2D eigenvalue weighted by Crippen LogP contribution is 2.12. The van der Waals surface area contributed by atoms with Gasteiger partial charge in [0, 0.05) is 0 Å². The first-order valence-electron chi connectivity index (χ1n) is 3.80. The van der Waals surface area contributed by atoms with E-state index in [2.05, 4.69) is 11.2 Å². The highest BCUT2D eigenvalue weighted by atomic mass is 16.5. The molecule has 0 amide bonds. The zero-order chi connectivity index (χ0) is 8.27. The quantitative estimate of drug-likeness (QED) is 0.265. The normalized spacial score (nSPS) is 32.4. The Morgan fingerprint density at radius 2 is 2.45 bits per heavy atom. The number of nitrogens with two attached hydrogens (primary N) is 1. The van der Waals surface area contributed by atoms with Crippen molar-refractivity contribution >= 4 is 5.71 Å². The fraction of sp³-hybridized carbons (Fsp3) is 0.625. The average molecular weight is 154 g/mol. The number of rotatable bonds is 1. The van der Waals surface area contributed by atoms with Gasteiger partial charge < -0.3 is 10.6 Å². The molecule has 0 aromatic heterocycles. The predicted octanol–water partition coefficient (Wildman–Crippen LogP) is 1.05. The molecule has 0 radical (unpaired) electrons. The zero-order valence-corrected chi connectivity index (χ0v) is 6.95. The summed E-state index contributed by atoms with van der Waals surface area (Å²) >= 11 is 0. The summed E-state index contributed by atoms with van der Waals surface area (Å²) in [4.78, 5) is 0. The van der Waals surface area contributed by atoms with Crippen LogP contribution in [-0.4, -0.2) is 17.9 Å². The molecule has 2 unspecified atom stereocenters. The van der Waals surface area contributed by atoms with Crippen LogP contribution in [0.3, 0.4) is 0 Å². The van der Waals surface area contributed by atoms with Crippen LogP contribution in [0.4, 0.5) is 0 Å². The maximum absolute atomic E-state index is 5.54. The van der Waals surface area contributed by atoms with Gasteiger partial charge >= 0.3 is 0 Å². The predicted molar refractivity (Wildman–Crippen MR) is 45.4 cm³/mol. The Bertz CT molecular complexity index is 187. The molecule has 1 heterocycles. The van der Waals surface area contributed by atoms with Crippen LogP contribution >= 0.6 is 0 Å². The lowest BCUT2D eigenvalue weighted by atomic mass is 10.1. The van der Waals surface area contributed by atoms with Gasteiger partial charge in [-0.3, -0.25) is 0 Å². The van der Waals surface area contributed by atoms with Crippen LogP contribution in [0.15, 0.2) is 17.3 Å². The third-order valence-corrected chi connectivity index (χ3v) is 1.81.